The maximum absolute atomic E-state index is 12.4. The highest BCUT2D eigenvalue weighted by Crippen LogP contribution is 2.30. The van der Waals surface area contributed by atoms with Crippen molar-refractivity contribution in [3.8, 4) is 0 Å². The molecule has 1 aliphatic heterocycles. The first kappa shape index (κ1) is 18.5. The fraction of sp³-hybridized carbons (Fsp3) is 0.333. The van der Waals surface area contributed by atoms with E-state index in [1.165, 1.54) is 17.3 Å². The van der Waals surface area contributed by atoms with Crippen molar-refractivity contribution in [2.75, 3.05) is 31.9 Å². The van der Waals surface area contributed by atoms with Gasteiger partial charge in [-0.05, 0) is 35.9 Å². The maximum atomic E-state index is 12.4. The normalized spacial score (nSPS) is 15.4. The Balaban J connectivity index is 1.46. The van der Waals surface area contributed by atoms with Gasteiger partial charge in [0, 0.05) is 55.0 Å². The van der Waals surface area contributed by atoms with Crippen LogP contribution in [-0.4, -0.2) is 52.6 Å². The SMILES string of the molecule is O=C(CSc1cc(Cl)ccc1Cl)N1CCN(Cc2ccncc2)CC1. The Labute approximate surface area is 162 Å². The van der Waals surface area contributed by atoms with E-state index < -0.39 is 0 Å². The highest BCUT2D eigenvalue weighted by Gasteiger charge is 2.21. The summed E-state index contributed by atoms with van der Waals surface area (Å²) in [4.78, 5) is 21.6. The number of thioether (sulfide) groups is 1. The van der Waals surface area contributed by atoms with E-state index in [2.05, 4.69) is 9.88 Å². The third-order valence-electron chi connectivity index (χ3n) is 4.12. The third-order valence-corrected chi connectivity index (χ3v) is 5.84. The molecule has 4 nitrogen and oxygen atoms in total. The standard InChI is InChI=1S/C18H19Cl2N3OS/c19-15-1-2-16(20)17(11-15)25-13-18(24)23-9-7-22(8-10-23)12-14-3-5-21-6-4-14/h1-6,11H,7-10,12-13H2. The van der Waals surface area contributed by atoms with Gasteiger partial charge < -0.3 is 4.90 Å². The molecule has 0 radical (unpaired) electrons. The minimum absolute atomic E-state index is 0.143. The van der Waals surface area contributed by atoms with Gasteiger partial charge in [-0.15, -0.1) is 11.8 Å². The fourth-order valence-corrected chi connectivity index (χ4v) is 4.12. The molecule has 132 valence electrons. The Morgan fingerprint density at radius 3 is 2.52 bits per heavy atom. The van der Waals surface area contributed by atoms with Crippen molar-refractivity contribution in [2.24, 2.45) is 0 Å². The van der Waals surface area contributed by atoms with E-state index in [4.69, 9.17) is 23.2 Å². The molecule has 25 heavy (non-hydrogen) atoms. The molecule has 3 rings (SSSR count). The van der Waals surface area contributed by atoms with Crippen LogP contribution in [0.2, 0.25) is 10.0 Å². The van der Waals surface area contributed by atoms with E-state index in [9.17, 15) is 4.79 Å². The number of aromatic nitrogens is 1. The predicted molar refractivity (Wildman–Crippen MR) is 103 cm³/mol. The van der Waals surface area contributed by atoms with Gasteiger partial charge in [0.2, 0.25) is 5.91 Å². The second-order valence-electron chi connectivity index (χ2n) is 5.88. The van der Waals surface area contributed by atoms with Crippen molar-refractivity contribution in [1.82, 2.24) is 14.8 Å². The summed E-state index contributed by atoms with van der Waals surface area (Å²) in [7, 11) is 0. The molecule has 0 atom stereocenters. The number of rotatable bonds is 5. The van der Waals surface area contributed by atoms with Crippen molar-refractivity contribution in [3.05, 3.63) is 58.3 Å². The summed E-state index contributed by atoms with van der Waals surface area (Å²) in [6.07, 6.45) is 3.63. The highest BCUT2D eigenvalue weighted by atomic mass is 35.5. The van der Waals surface area contributed by atoms with Gasteiger partial charge in [0.25, 0.3) is 0 Å². The molecule has 0 spiro atoms. The molecule has 0 bridgehead atoms. The van der Waals surface area contributed by atoms with Crippen LogP contribution in [0.4, 0.5) is 0 Å². The second-order valence-corrected chi connectivity index (χ2v) is 7.74. The van der Waals surface area contributed by atoms with Crippen LogP contribution in [-0.2, 0) is 11.3 Å². The summed E-state index contributed by atoms with van der Waals surface area (Å²) in [5.41, 5.74) is 1.25. The number of pyridine rings is 1. The van der Waals surface area contributed by atoms with Gasteiger partial charge in [0.1, 0.15) is 0 Å². The zero-order chi connectivity index (χ0) is 17.6. The second kappa shape index (κ2) is 8.90. The van der Waals surface area contributed by atoms with Gasteiger partial charge in [-0.3, -0.25) is 14.7 Å². The van der Waals surface area contributed by atoms with Crippen LogP contribution >= 0.6 is 35.0 Å². The molecule has 1 saturated heterocycles. The van der Waals surface area contributed by atoms with Gasteiger partial charge in [-0.2, -0.15) is 0 Å². The smallest absolute Gasteiger partial charge is 0.233 e. The van der Waals surface area contributed by atoms with Crippen LogP contribution < -0.4 is 0 Å². The van der Waals surface area contributed by atoms with Crippen LogP contribution in [0.25, 0.3) is 0 Å². The molecule has 1 amide bonds. The lowest BCUT2D eigenvalue weighted by atomic mass is 10.2. The molecule has 0 N–H and O–H groups in total. The van der Waals surface area contributed by atoms with Crippen molar-refractivity contribution in [3.63, 3.8) is 0 Å². The summed E-state index contributed by atoms with van der Waals surface area (Å²) in [6, 6.07) is 9.37. The quantitative estimate of drug-likeness (QED) is 0.720. The maximum Gasteiger partial charge on any atom is 0.233 e. The van der Waals surface area contributed by atoms with E-state index >= 15 is 0 Å². The van der Waals surface area contributed by atoms with Crippen LogP contribution in [0, 0.1) is 0 Å². The first-order chi connectivity index (χ1) is 12.1. The molecule has 1 aromatic heterocycles. The van der Waals surface area contributed by atoms with E-state index in [-0.39, 0.29) is 5.91 Å². The van der Waals surface area contributed by atoms with Gasteiger partial charge in [-0.25, -0.2) is 0 Å². The number of hydrogen-bond donors (Lipinski definition) is 0. The van der Waals surface area contributed by atoms with Crippen LogP contribution in [0.15, 0.2) is 47.6 Å². The van der Waals surface area contributed by atoms with Crippen LogP contribution in [0.3, 0.4) is 0 Å². The van der Waals surface area contributed by atoms with Crippen LogP contribution in [0.1, 0.15) is 5.56 Å². The van der Waals surface area contributed by atoms with Gasteiger partial charge in [0.05, 0.1) is 10.8 Å². The zero-order valence-electron chi connectivity index (χ0n) is 13.7. The lowest BCUT2D eigenvalue weighted by Gasteiger charge is -2.34. The number of piperazine rings is 1. The minimum atomic E-state index is 0.143. The number of carbonyl (C=O) groups is 1. The molecule has 1 fully saturated rings. The Hall–Kier alpha value is -1.27. The largest absolute Gasteiger partial charge is 0.339 e. The molecule has 7 heteroatoms. The highest BCUT2D eigenvalue weighted by molar-refractivity contribution is 8.00. The average molecular weight is 396 g/mol. The molecule has 1 aromatic carbocycles. The monoisotopic (exact) mass is 395 g/mol. The molecular formula is C18H19Cl2N3OS. The van der Waals surface area contributed by atoms with E-state index in [0.29, 0.717) is 15.8 Å². The average Bonchev–Trinajstić information content (AvgIpc) is 2.64. The molecule has 0 aliphatic carbocycles. The molecular weight excluding hydrogens is 377 g/mol. The van der Waals surface area contributed by atoms with Crippen molar-refractivity contribution >= 4 is 40.9 Å². The van der Waals surface area contributed by atoms with Crippen molar-refractivity contribution in [2.45, 2.75) is 11.4 Å². The Morgan fingerprint density at radius 1 is 1.08 bits per heavy atom. The molecule has 1 aliphatic rings. The van der Waals surface area contributed by atoms with Gasteiger partial charge in [0.15, 0.2) is 0 Å². The predicted octanol–water partition coefficient (Wildman–Crippen LogP) is 3.82. The topological polar surface area (TPSA) is 36.4 Å². The van der Waals surface area contributed by atoms with Crippen molar-refractivity contribution in [1.29, 1.82) is 0 Å². The molecule has 2 heterocycles. The summed E-state index contributed by atoms with van der Waals surface area (Å²) in [5.74, 6) is 0.523. The lowest BCUT2D eigenvalue weighted by Crippen LogP contribution is -2.48. The van der Waals surface area contributed by atoms with Crippen molar-refractivity contribution < 1.29 is 4.79 Å². The minimum Gasteiger partial charge on any atom is -0.339 e. The summed E-state index contributed by atoms with van der Waals surface area (Å²) in [6.45, 7) is 4.19. The Morgan fingerprint density at radius 2 is 1.80 bits per heavy atom. The fourth-order valence-electron chi connectivity index (χ4n) is 2.72. The van der Waals surface area contributed by atoms with Gasteiger partial charge >= 0.3 is 0 Å². The summed E-state index contributed by atoms with van der Waals surface area (Å²) in [5, 5.41) is 1.26. The van der Waals surface area contributed by atoms with E-state index in [0.717, 1.165) is 37.6 Å². The van der Waals surface area contributed by atoms with E-state index in [1.807, 2.05) is 29.4 Å². The number of nitrogens with zero attached hydrogens (tertiary/aromatic N) is 3. The molecule has 0 unspecified atom stereocenters. The zero-order valence-corrected chi connectivity index (χ0v) is 16.0. The first-order valence-electron chi connectivity index (χ1n) is 8.09. The Bertz CT molecular complexity index is 722. The van der Waals surface area contributed by atoms with E-state index in [1.54, 1.807) is 18.2 Å². The third kappa shape index (κ3) is 5.35. The number of hydrogen-bond acceptors (Lipinski definition) is 4. The Kier molecular flexibility index (Phi) is 6.59. The summed E-state index contributed by atoms with van der Waals surface area (Å²) >= 11 is 13.6. The molecule has 2 aromatic rings. The number of halogens is 2. The first-order valence-corrected chi connectivity index (χ1v) is 9.83. The number of amides is 1. The van der Waals surface area contributed by atoms with Crippen LogP contribution in [0.5, 0.6) is 0 Å². The molecule has 0 saturated carbocycles. The number of benzene rings is 1. The lowest BCUT2D eigenvalue weighted by molar-refractivity contribution is -0.130. The summed E-state index contributed by atoms with van der Waals surface area (Å²) < 4.78 is 0. The van der Waals surface area contributed by atoms with Gasteiger partial charge in [-0.1, -0.05) is 23.2 Å². The number of carbonyl (C=O) groups excluding carboxylic acids is 1.